The summed E-state index contributed by atoms with van der Waals surface area (Å²) in [7, 11) is 0. The van der Waals surface area contributed by atoms with Crippen molar-refractivity contribution in [3.63, 3.8) is 0 Å². The van der Waals surface area contributed by atoms with E-state index in [4.69, 9.17) is 20.6 Å². The molecule has 0 bridgehead atoms. The lowest BCUT2D eigenvalue weighted by Crippen LogP contribution is -2.18. The van der Waals surface area contributed by atoms with Crippen LogP contribution in [0.3, 0.4) is 0 Å². The molecule has 1 aliphatic carbocycles. The van der Waals surface area contributed by atoms with E-state index in [9.17, 15) is 14.7 Å². The molecule has 3 aromatic rings. The second-order valence-electron chi connectivity index (χ2n) is 11.2. The van der Waals surface area contributed by atoms with Gasteiger partial charge in [-0.15, -0.1) is 0 Å². The van der Waals surface area contributed by atoms with Crippen LogP contribution in [-0.2, 0) is 16.0 Å². The smallest absolute Gasteiger partial charge is 0.303 e. The van der Waals surface area contributed by atoms with Crippen LogP contribution in [0.4, 0.5) is 5.69 Å². The third-order valence-corrected chi connectivity index (χ3v) is 6.88. The van der Waals surface area contributed by atoms with Crippen LogP contribution in [0.2, 0.25) is 5.02 Å². The number of carboxylic acid groups (broad SMARTS) is 1. The molecule has 1 fully saturated rings. The normalized spacial score (nSPS) is 14.5. The maximum absolute atomic E-state index is 13.0. The molecule has 1 aliphatic rings. The van der Waals surface area contributed by atoms with Crippen molar-refractivity contribution in [2.24, 2.45) is 5.41 Å². The van der Waals surface area contributed by atoms with E-state index in [0.29, 0.717) is 27.9 Å². The number of amides is 1. The zero-order valence-electron chi connectivity index (χ0n) is 21.8. The molecule has 198 valence electrons. The molecular weight excluding hydrogens is 494 g/mol. The second-order valence-corrected chi connectivity index (χ2v) is 11.6. The summed E-state index contributed by atoms with van der Waals surface area (Å²) in [6.07, 6.45) is 3.96. The monoisotopic (exact) mass is 527 g/mol. The van der Waals surface area contributed by atoms with Crippen LogP contribution in [0.25, 0.3) is 11.5 Å². The Morgan fingerprint density at radius 3 is 2.59 bits per heavy atom. The number of nitrogens with zero attached hydrogens (tertiary/aromatic N) is 2. The summed E-state index contributed by atoms with van der Waals surface area (Å²) < 4.78 is 11.4. The highest BCUT2D eigenvalue weighted by molar-refractivity contribution is 6.30. The Hall–Kier alpha value is -3.13. The quantitative estimate of drug-likeness (QED) is 0.272. The molecule has 0 radical (unpaired) electrons. The Labute approximate surface area is 221 Å². The van der Waals surface area contributed by atoms with E-state index in [-0.39, 0.29) is 36.5 Å². The first-order chi connectivity index (χ1) is 17.5. The molecule has 0 spiro atoms. The predicted molar refractivity (Wildman–Crippen MR) is 141 cm³/mol. The molecule has 37 heavy (non-hydrogen) atoms. The van der Waals surface area contributed by atoms with Gasteiger partial charge in [-0.2, -0.15) is 0 Å². The first kappa shape index (κ1) is 26.9. The number of aryl methyl sites for hydroxylation is 2. The van der Waals surface area contributed by atoms with Crippen LogP contribution in [0.5, 0.6) is 0 Å². The van der Waals surface area contributed by atoms with Crippen LogP contribution >= 0.6 is 11.6 Å². The van der Waals surface area contributed by atoms with Crippen molar-refractivity contribution in [3.8, 4) is 11.5 Å². The van der Waals surface area contributed by atoms with E-state index < -0.39 is 11.9 Å². The van der Waals surface area contributed by atoms with Gasteiger partial charge in [-0.1, -0.05) is 42.7 Å². The van der Waals surface area contributed by atoms with Gasteiger partial charge in [-0.05, 0) is 67.7 Å². The molecule has 0 unspecified atom stereocenters. The van der Waals surface area contributed by atoms with E-state index in [1.807, 2.05) is 13.0 Å². The van der Waals surface area contributed by atoms with E-state index in [2.05, 4.69) is 36.4 Å². The van der Waals surface area contributed by atoms with Crippen molar-refractivity contribution < 1.29 is 23.7 Å². The number of halogens is 1. The van der Waals surface area contributed by atoms with E-state index >= 15 is 0 Å². The number of benzene rings is 1. The van der Waals surface area contributed by atoms with Gasteiger partial charge < -0.3 is 19.5 Å². The minimum atomic E-state index is -0.921. The summed E-state index contributed by atoms with van der Waals surface area (Å²) in [5.74, 6) is 0.0277. The maximum Gasteiger partial charge on any atom is 0.303 e. The Morgan fingerprint density at radius 2 is 1.95 bits per heavy atom. The Morgan fingerprint density at radius 1 is 1.19 bits per heavy atom. The number of carbonyl (C=O) groups excluding carboxylic acids is 1. The zero-order valence-corrected chi connectivity index (χ0v) is 22.5. The fourth-order valence-corrected chi connectivity index (χ4v) is 4.64. The second kappa shape index (κ2) is 11.1. The molecule has 0 aliphatic heterocycles. The lowest BCUT2D eigenvalue weighted by molar-refractivity contribution is -0.137. The van der Waals surface area contributed by atoms with Crippen molar-refractivity contribution >= 4 is 29.2 Å². The Bertz CT molecular complexity index is 1270. The average molecular weight is 528 g/mol. The van der Waals surface area contributed by atoms with Gasteiger partial charge in [-0.25, -0.2) is 0 Å². The van der Waals surface area contributed by atoms with Gasteiger partial charge in [0.2, 0.25) is 5.91 Å². The molecule has 1 amide bonds. The van der Waals surface area contributed by atoms with Gasteiger partial charge in [0.25, 0.3) is 0 Å². The third-order valence-electron chi connectivity index (χ3n) is 6.64. The number of rotatable bonds is 11. The highest BCUT2D eigenvalue weighted by atomic mass is 35.5. The summed E-state index contributed by atoms with van der Waals surface area (Å²) in [4.78, 5) is 24.4. The van der Waals surface area contributed by atoms with Gasteiger partial charge in [-0.3, -0.25) is 9.59 Å². The van der Waals surface area contributed by atoms with Gasteiger partial charge >= 0.3 is 5.97 Å². The van der Waals surface area contributed by atoms with Gasteiger partial charge in [0, 0.05) is 47.5 Å². The van der Waals surface area contributed by atoms with Crippen molar-refractivity contribution in [3.05, 3.63) is 51.9 Å². The molecule has 1 saturated carbocycles. The number of hydrogen-bond acceptors (Lipinski definition) is 6. The predicted octanol–water partition coefficient (Wildman–Crippen LogP) is 7.12. The summed E-state index contributed by atoms with van der Waals surface area (Å²) in [5.41, 5.74) is 3.83. The number of aromatic nitrogens is 2. The van der Waals surface area contributed by atoms with Crippen molar-refractivity contribution in [1.29, 1.82) is 0 Å². The molecule has 2 aromatic heterocycles. The number of carboxylic acids is 1. The molecule has 2 N–H and O–H groups in total. The van der Waals surface area contributed by atoms with Crippen LogP contribution < -0.4 is 5.32 Å². The Kier molecular flexibility index (Phi) is 8.07. The van der Waals surface area contributed by atoms with Crippen LogP contribution in [-0.4, -0.2) is 27.3 Å². The topological polar surface area (TPSA) is 118 Å². The van der Waals surface area contributed by atoms with Gasteiger partial charge in [0.1, 0.15) is 5.76 Å². The molecule has 2 heterocycles. The minimum absolute atomic E-state index is 0.0782. The highest BCUT2D eigenvalue weighted by Gasteiger charge is 2.37. The molecule has 8 nitrogen and oxygen atoms in total. The molecule has 0 saturated heterocycles. The van der Waals surface area contributed by atoms with Crippen molar-refractivity contribution in [1.82, 2.24) is 10.3 Å². The van der Waals surface area contributed by atoms with Crippen molar-refractivity contribution in [2.45, 2.75) is 84.5 Å². The van der Waals surface area contributed by atoms with Crippen LogP contribution in [0, 0.1) is 12.3 Å². The first-order valence-electron chi connectivity index (χ1n) is 12.7. The SMILES string of the molecule is Cc1cc(Cl)ccc1NC(=O)C[C@H](CCC(=O)O)c1noc(-c2cc(CCC(C)(C)C)on2)c1C1CC1. The number of hydrogen-bond donors (Lipinski definition) is 2. The number of aliphatic carboxylic acids is 1. The number of nitrogens with one attached hydrogen (secondary N) is 1. The summed E-state index contributed by atoms with van der Waals surface area (Å²) >= 11 is 6.03. The largest absolute Gasteiger partial charge is 0.481 e. The van der Waals surface area contributed by atoms with Gasteiger partial charge in [0.15, 0.2) is 11.5 Å². The molecule has 1 atom stereocenters. The molecular formula is C28H34ClN3O5. The lowest BCUT2D eigenvalue weighted by atomic mass is 9.89. The molecule has 9 heteroatoms. The third kappa shape index (κ3) is 7.22. The van der Waals surface area contributed by atoms with Crippen LogP contribution in [0.15, 0.2) is 33.3 Å². The summed E-state index contributed by atoms with van der Waals surface area (Å²) in [5, 5.41) is 21.5. The number of carbonyl (C=O) groups is 2. The Balaban J connectivity index is 1.58. The van der Waals surface area contributed by atoms with Crippen LogP contribution in [0.1, 0.15) is 93.7 Å². The zero-order chi connectivity index (χ0) is 26.7. The fourth-order valence-electron chi connectivity index (χ4n) is 4.42. The van der Waals surface area contributed by atoms with E-state index in [0.717, 1.165) is 42.6 Å². The minimum Gasteiger partial charge on any atom is -0.481 e. The molecule has 4 rings (SSSR count). The van der Waals surface area contributed by atoms with Gasteiger partial charge in [0.05, 0.1) is 5.69 Å². The first-order valence-corrected chi connectivity index (χ1v) is 13.1. The van der Waals surface area contributed by atoms with E-state index in [1.165, 1.54) is 0 Å². The average Bonchev–Trinajstić information content (AvgIpc) is 3.37. The highest BCUT2D eigenvalue weighted by Crippen LogP contribution is 2.48. The van der Waals surface area contributed by atoms with Crippen molar-refractivity contribution in [2.75, 3.05) is 5.32 Å². The standard InChI is InChI=1S/C28H34ClN3O5/c1-16-13-19(29)8-9-21(16)30-23(33)14-18(7-10-24(34)35)26-25(17-5-6-17)27(37-32-26)22-15-20(36-31-22)11-12-28(2,3)4/h8-9,13,15,17-18H,5-7,10-12,14H2,1-4H3,(H,30,33)(H,34,35)/t18-/m0/s1. The summed E-state index contributed by atoms with van der Waals surface area (Å²) in [6.45, 7) is 8.41. The number of anilines is 1. The lowest BCUT2D eigenvalue weighted by Gasteiger charge is -2.16. The maximum atomic E-state index is 13.0. The fraction of sp³-hybridized carbons (Fsp3) is 0.500. The summed E-state index contributed by atoms with van der Waals surface area (Å²) in [6, 6.07) is 7.15. The van der Waals surface area contributed by atoms with E-state index in [1.54, 1.807) is 18.2 Å². The molecule has 1 aromatic carbocycles.